The fourth-order valence-electron chi connectivity index (χ4n) is 3.59. The van der Waals surface area contributed by atoms with Crippen molar-refractivity contribution in [2.24, 2.45) is 0 Å². The Labute approximate surface area is 171 Å². The molecule has 7 nitrogen and oxygen atoms in total. The van der Waals surface area contributed by atoms with E-state index < -0.39 is 15.7 Å². The number of aromatic nitrogens is 3. The number of sulfone groups is 1. The molecule has 0 fully saturated rings. The van der Waals surface area contributed by atoms with E-state index in [4.69, 9.17) is 0 Å². The quantitative estimate of drug-likeness (QED) is 0.546. The first-order valence-electron chi connectivity index (χ1n) is 9.07. The Hall–Kier alpha value is -3.59. The molecule has 0 saturated carbocycles. The van der Waals surface area contributed by atoms with E-state index in [1.807, 2.05) is 30.5 Å². The highest BCUT2D eigenvalue weighted by molar-refractivity contribution is 7.90. The van der Waals surface area contributed by atoms with Gasteiger partial charge in [0.25, 0.3) is 0 Å². The topological polar surface area (TPSA) is 96.0 Å². The second-order valence-corrected chi connectivity index (χ2v) is 9.08. The number of H-pyrrole nitrogens is 1. The fraction of sp³-hybridized carbons (Fsp3) is 0.0952. The number of benzene rings is 2. The van der Waals surface area contributed by atoms with E-state index in [2.05, 4.69) is 15.0 Å². The van der Waals surface area contributed by atoms with Crippen molar-refractivity contribution in [3.8, 4) is 11.3 Å². The van der Waals surface area contributed by atoms with Crippen LogP contribution in [0, 0.1) is 5.82 Å². The molecule has 1 aliphatic rings. The van der Waals surface area contributed by atoms with Crippen LogP contribution in [0.25, 0.3) is 22.2 Å². The molecule has 2 aromatic heterocycles. The SMILES string of the molecule is CS(=O)(=O)c1ccc(-c2cnc3c(n2)N(c2ccc4[nH]ccc4c2)C(=O)C3)cc1F. The summed E-state index contributed by atoms with van der Waals surface area (Å²) < 4.78 is 37.6. The second-order valence-electron chi connectivity index (χ2n) is 7.10. The number of hydrogen-bond donors (Lipinski definition) is 1. The average molecular weight is 422 g/mol. The van der Waals surface area contributed by atoms with Gasteiger partial charge in [-0.15, -0.1) is 0 Å². The minimum absolute atomic E-state index is 0.120. The molecule has 150 valence electrons. The smallest absolute Gasteiger partial charge is 0.238 e. The Morgan fingerprint density at radius 2 is 1.97 bits per heavy atom. The molecule has 0 bridgehead atoms. The van der Waals surface area contributed by atoms with Gasteiger partial charge in [0.15, 0.2) is 15.7 Å². The highest BCUT2D eigenvalue weighted by Crippen LogP contribution is 2.35. The van der Waals surface area contributed by atoms with Crippen molar-refractivity contribution >= 4 is 38.2 Å². The van der Waals surface area contributed by atoms with Crippen LogP contribution in [-0.2, 0) is 21.1 Å². The Morgan fingerprint density at radius 1 is 1.13 bits per heavy atom. The van der Waals surface area contributed by atoms with E-state index >= 15 is 0 Å². The van der Waals surface area contributed by atoms with E-state index in [0.717, 1.165) is 23.2 Å². The van der Waals surface area contributed by atoms with Gasteiger partial charge in [-0.3, -0.25) is 14.7 Å². The van der Waals surface area contributed by atoms with E-state index in [9.17, 15) is 17.6 Å². The van der Waals surface area contributed by atoms with Crippen LogP contribution in [0.3, 0.4) is 0 Å². The summed E-state index contributed by atoms with van der Waals surface area (Å²) in [5, 5.41) is 0.955. The maximum absolute atomic E-state index is 14.3. The zero-order chi connectivity index (χ0) is 21.0. The molecule has 30 heavy (non-hydrogen) atoms. The fourth-order valence-corrected chi connectivity index (χ4v) is 4.32. The van der Waals surface area contributed by atoms with Gasteiger partial charge >= 0.3 is 0 Å². The van der Waals surface area contributed by atoms with Crippen LogP contribution in [-0.4, -0.2) is 35.5 Å². The molecule has 0 saturated heterocycles. The van der Waals surface area contributed by atoms with Crippen LogP contribution in [0.15, 0.2) is 59.8 Å². The zero-order valence-corrected chi connectivity index (χ0v) is 16.6. The Morgan fingerprint density at radius 3 is 2.73 bits per heavy atom. The molecule has 0 atom stereocenters. The van der Waals surface area contributed by atoms with Crippen LogP contribution in [0.2, 0.25) is 0 Å². The summed E-state index contributed by atoms with van der Waals surface area (Å²) in [6, 6.07) is 11.3. The van der Waals surface area contributed by atoms with Crippen LogP contribution in [0.1, 0.15) is 5.69 Å². The molecule has 2 aromatic carbocycles. The summed E-state index contributed by atoms with van der Waals surface area (Å²) in [5.74, 6) is -0.626. The number of hydrogen-bond acceptors (Lipinski definition) is 5. The number of fused-ring (bicyclic) bond motifs is 2. The molecular formula is C21H15FN4O3S. The van der Waals surface area contributed by atoms with E-state index in [-0.39, 0.29) is 17.2 Å². The summed E-state index contributed by atoms with van der Waals surface area (Å²) >= 11 is 0. The number of carbonyl (C=O) groups excluding carboxylic acids is 1. The van der Waals surface area contributed by atoms with Gasteiger partial charge in [-0.05, 0) is 36.4 Å². The zero-order valence-electron chi connectivity index (χ0n) is 15.8. The van der Waals surface area contributed by atoms with Gasteiger partial charge in [0.1, 0.15) is 10.7 Å². The molecule has 3 heterocycles. The van der Waals surface area contributed by atoms with E-state index in [0.29, 0.717) is 28.5 Å². The number of anilines is 2. The van der Waals surface area contributed by atoms with Crippen LogP contribution in [0.5, 0.6) is 0 Å². The molecular weight excluding hydrogens is 407 g/mol. The number of nitrogens with one attached hydrogen (secondary N) is 1. The van der Waals surface area contributed by atoms with Crippen molar-refractivity contribution in [2.75, 3.05) is 11.2 Å². The lowest BCUT2D eigenvalue weighted by Crippen LogP contribution is -2.21. The van der Waals surface area contributed by atoms with Crippen molar-refractivity contribution in [3.05, 3.63) is 66.4 Å². The van der Waals surface area contributed by atoms with Crippen LogP contribution in [0.4, 0.5) is 15.9 Å². The molecule has 1 amide bonds. The molecule has 0 spiro atoms. The first-order valence-corrected chi connectivity index (χ1v) is 11.0. The molecule has 0 radical (unpaired) electrons. The van der Waals surface area contributed by atoms with Gasteiger partial charge < -0.3 is 4.98 Å². The number of amides is 1. The van der Waals surface area contributed by atoms with Crippen molar-refractivity contribution in [3.63, 3.8) is 0 Å². The molecule has 0 unspecified atom stereocenters. The van der Waals surface area contributed by atoms with Crippen LogP contribution >= 0.6 is 0 Å². The minimum atomic E-state index is -3.67. The monoisotopic (exact) mass is 422 g/mol. The van der Waals surface area contributed by atoms with Crippen molar-refractivity contribution < 1.29 is 17.6 Å². The standard InChI is InChI=1S/C21H15FN4O3S/c1-30(28,29)19-5-2-12(9-15(19)22)18-11-24-17-10-20(27)26(21(17)25-18)14-3-4-16-13(8-14)6-7-23-16/h2-9,11,23H,10H2,1H3. The van der Waals surface area contributed by atoms with Gasteiger partial charge in [-0.25, -0.2) is 17.8 Å². The molecule has 9 heteroatoms. The number of aromatic amines is 1. The summed E-state index contributed by atoms with van der Waals surface area (Å²) in [5.41, 5.74) is 2.86. The predicted octanol–water partition coefficient (Wildman–Crippen LogP) is 3.39. The highest BCUT2D eigenvalue weighted by atomic mass is 32.2. The largest absolute Gasteiger partial charge is 0.361 e. The van der Waals surface area contributed by atoms with Crippen molar-refractivity contribution in [1.82, 2.24) is 15.0 Å². The first-order chi connectivity index (χ1) is 14.3. The van der Waals surface area contributed by atoms with Gasteiger partial charge in [0.2, 0.25) is 5.91 Å². The number of nitrogens with zero attached hydrogens (tertiary/aromatic N) is 3. The van der Waals surface area contributed by atoms with Gasteiger partial charge in [-0.1, -0.05) is 6.07 Å². The second kappa shape index (κ2) is 6.46. The van der Waals surface area contributed by atoms with Gasteiger partial charge in [0.05, 0.1) is 29.7 Å². The van der Waals surface area contributed by atoms with Gasteiger partial charge in [-0.2, -0.15) is 0 Å². The summed E-state index contributed by atoms with van der Waals surface area (Å²) in [6.45, 7) is 0. The van der Waals surface area contributed by atoms with Crippen LogP contribution < -0.4 is 4.90 Å². The Bertz CT molecular complexity index is 1450. The van der Waals surface area contributed by atoms with Crippen molar-refractivity contribution in [2.45, 2.75) is 11.3 Å². The number of carbonyl (C=O) groups is 1. The Kier molecular flexibility index (Phi) is 3.97. The maximum atomic E-state index is 14.3. The third-order valence-corrected chi connectivity index (χ3v) is 6.16. The van der Waals surface area contributed by atoms with Gasteiger partial charge in [0, 0.05) is 28.9 Å². The van der Waals surface area contributed by atoms with E-state index in [1.165, 1.54) is 23.2 Å². The molecule has 5 rings (SSSR count). The predicted molar refractivity (Wildman–Crippen MR) is 110 cm³/mol. The summed E-state index contributed by atoms with van der Waals surface area (Å²) in [6.07, 6.45) is 4.35. The number of rotatable bonds is 3. The average Bonchev–Trinajstić information content (AvgIpc) is 3.28. The normalized spacial score (nSPS) is 13.8. The third-order valence-electron chi connectivity index (χ3n) is 5.03. The third kappa shape index (κ3) is 2.94. The Balaban J connectivity index is 1.59. The lowest BCUT2D eigenvalue weighted by Gasteiger charge is -2.17. The molecule has 1 aliphatic heterocycles. The molecule has 0 aliphatic carbocycles. The summed E-state index contributed by atoms with van der Waals surface area (Å²) in [7, 11) is -3.67. The lowest BCUT2D eigenvalue weighted by atomic mass is 10.1. The first kappa shape index (κ1) is 18.4. The highest BCUT2D eigenvalue weighted by Gasteiger charge is 2.32. The molecule has 1 N–H and O–H groups in total. The molecule has 4 aromatic rings. The maximum Gasteiger partial charge on any atom is 0.238 e. The number of halogens is 1. The minimum Gasteiger partial charge on any atom is -0.361 e. The summed E-state index contributed by atoms with van der Waals surface area (Å²) in [4.78, 5) is 25.8. The van der Waals surface area contributed by atoms with E-state index in [1.54, 1.807) is 0 Å². The van der Waals surface area contributed by atoms with Crippen molar-refractivity contribution in [1.29, 1.82) is 0 Å². The lowest BCUT2D eigenvalue weighted by molar-refractivity contribution is -0.116.